The fraction of sp³-hybridized carbons (Fsp3) is 0. The molecular weight excluding hydrogens is 174 g/mol. The first-order chi connectivity index (χ1) is 5.79. The van der Waals surface area contributed by atoms with E-state index in [2.05, 4.69) is 22.6 Å². The molecule has 0 saturated carbocycles. The zero-order chi connectivity index (χ0) is 8.55. The maximum absolute atomic E-state index is 10.9. The van der Waals surface area contributed by atoms with Crippen molar-refractivity contribution in [3.05, 3.63) is 24.8 Å². The molecule has 0 aliphatic heterocycles. The highest BCUT2D eigenvalue weighted by Crippen LogP contribution is 2.11. The van der Waals surface area contributed by atoms with E-state index in [-0.39, 0.29) is 5.24 Å². The summed E-state index contributed by atoms with van der Waals surface area (Å²) in [5.74, 6) is 0. The molecule has 0 N–H and O–H groups in total. The summed E-state index contributed by atoms with van der Waals surface area (Å²) in [4.78, 5) is 18.7. The Labute approximate surface area is 73.7 Å². The molecular formula is C7H5N3OS. The van der Waals surface area contributed by atoms with Gasteiger partial charge in [-0.15, -0.1) is 0 Å². The quantitative estimate of drug-likeness (QED) is 0.620. The summed E-state index contributed by atoms with van der Waals surface area (Å²) in [7, 11) is 0. The Balaban J connectivity index is 2.79. The van der Waals surface area contributed by atoms with Crippen LogP contribution in [0.4, 0.5) is 4.79 Å². The van der Waals surface area contributed by atoms with Gasteiger partial charge in [-0.25, -0.2) is 9.97 Å². The predicted octanol–water partition coefficient (Wildman–Crippen LogP) is 1.33. The number of rotatable bonds is 0. The Hall–Kier alpha value is -1.36. The van der Waals surface area contributed by atoms with Crippen molar-refractivity contribution in [2.24, 2.45) is 0 Å². The molecule has 2 heterocycles. The molecule has 0 saturated heterocycles. The molecule has 0 radical (unpaired) electrons. The van der Waals surface area contributed by atoms with Crippen LogP contribution in [0.25, 0.3) is 11.0 Å². The van der Waals surface area contributed by atoms with Gasteiger partial charge in [-0.1, -0.05) is 12.6 Å². The minimum absolute atomic E-state index is 0.344. The van der Waals surface area contributed by atoms with E-state index in [1.807, 2.05) is 0 Å². The van der Waals surface area contributed by atoms with Crippen LogP contribution in [-0.2, 0) is 0 Å². The van der Waals surface area contributed by atoms with E-state index >= 15 is 0 Å². The van der Waals surface area contributed by atoms with Crippen molar-refractivity contribution < 1.29 is 4.79 Å². The molecule has 0 amide bonds. The van der Waals surface area contributed by atoms with Gasteiger partial charge in [0.15, 0.2) is 5.65 Å². The maximum atomic E-state index is 10.9. The molecule has 60 valence electrons. The lowest BCUT2D eigenvalue weighted by molar-refractivity contribution is 0.263. The Bertz CT molecular complexity index is 437. The van der Waals surface area contributed by atoms with E-state index in [1.165, 1.54) is 10.9 Å². The lowest BCUT2D eigenvalue weighted by Crippen LogP contribution is -2.00. The highest BCUT2D eigenvalue weighted by atomic mass is 32.1. The average Bonchev–Trinajstić information content (AvgIpc) is 2.47. The van der Waals surface area contributed by atoms with Crippen LogP contribution in [0.15, 0.2) is 24.8 Å². The van der Waals surface area contributed by atoms with Gasteiger partial charge >= 0.3 is 0 Å². The topological polar surface area (TPSA) is 47.8 Å². The van der Waals surface area contributed by atoms with Crippen molar-refractivity contribution in [1.82, 2.24) is 14.5 Å². The van der Waals surface area contributed by atoms with Crippen LogP contribution in [0.1, 0.15) is 0 Å². The highest BCUT2D eigenvalue weighted by Gasteiger charge is 2.04. The molecule has 2 rings (SSSR count). The number of aromatic nitrogens is 3. The Kier molecular flexibility index (Phi) is 1.58. The molecule has 0 bridgehead atoms. The number of nitrogens with zero attached hydrogens (tertiary/aromatic N) is 3. The second-order valence-electron chi connectivity index (χ2n) is 2.27. The summed E-state index contributed by atoms with van der Waals surface area (Å²) in [5, 5.41) is 0.489. The summed E-state index contributed by atoms with van der Waals surface area (Å²) in [5.41, 5.74) is 0.588. The van der Waals surface area contributed by atoms with Gasteiger partial charge < -0.3 is 0 Å². The van der Waals surface area contributed by atoms with Gasteiger partial charge in [-0.3, -0.25) is 9.36 Å². The van der Waals surface area contributed by atoms with Crippen LogP contribution in [0, 0.1) is 0 Å². The molecule has 0 atom stereocenters. The molecule has 4 nitrogen and oxygen atoms in total. The minimum Gasteiger partial charge on any atom is -0.262 e. The normalized spacial score (nSPS) is 10.4. The second-order valence-corrected chi connectivity index (χ2v) is 2.65. The van der Waals surface area contributed by atoms with Crippen molar-refractivity contribution in [1.29, 1.82) is 0 Å². The fourth-order valence-electron chi connectivity index (χ4n) is 1.03. The molecule has 2 aromatic heterocycles. The number of fused-ring (bicyclic) bond motifs is 1. The van der Waals surface area contributed by atoms with Gasteiger partial charge in [0, 0.05) is 17.8 Å². The van der Waals surface area contributed by atoms with Crippen molar-refractivity contribution in [3.8, 4) is 0 Å². The number of thiol groups is 1. The van der Waals surface area contributed by atoms with Gasteiger partial charge in [0.2, 0.25) is 0 Å². The third-order valence-electron chi connectivity index (χ3n) is 1.56. The molecule has 0 aliphatic rings. The number of hydrogen-bond donors (Lipinski definition) is 1. The zero-order valence-electron chi connectivity index (χ0n) is 6.01. The summed E-state index contributed by atoms with van der Waals surface area (Å²) in [6.07, 6.45) is 4.67. The maximum Gasteiger partial charge on any atom is 0.288 e. The third kappa shape index (κ3) is 0.984. The minimum atomic E-state index is -0.344. The molecule has 0 aromatic carbocycles. The van der Waals surface area contributed by atoms with Crippen LogP contribution < -0.4 is 0 Å². The third-order valence-corrected chi connectivity index (χ3v) is 1.77. The molecule has 0 spiro atoms. The van der Waals surface area contributed by atoms with Crippen molar-refractivity contribution in [3.63, 3.8) is 0 Å². The van der Waals surface area contributed by atoms with Crippen LogP contribution in [0.2, 0.25) is 0 Å². The first kappa shape index (κ1) is 7.30. The predicted molar refractivity (Wildman–Crippen MR) is 47.3 cm³/mol. The molecule has 0 aliphatic carbocycles. The smallest absolute Gasteiger partial charge is 0.262 e. The molecule has 12 heavy (non-hydrogen) atoms. The standard InChI is InChI=1S/C7H5N3OS/c11-7(12)10-2-1-5-3-8-4-9-6(5)10/h1-4H,(H,11,12). The van der Waals surface area contributed by atoms with Gasteiger partial charge in [-0.05, 0) is 6.07 Å². The van der Waals surface area contributed by atoms with Gasteiger partial charge in [-0.2, -0.15) is 0 Å². The van der Waals surface area contributed by atoms with Gasteiger partial charge in [0.1, 0.15) is 6.33 Å². The molecule has 5 heteroatoms. The van der Waals surface area contributed by atoms with Crippen molar-refractivity contribution >= 4 is 28.9 Å². The van der Waals surface area contributed by atoms with Gasteiger partial charge in [0.05, 0.1) is 0 Å². The SMILES string of the molecule is O=C(S)n1ccc2cncnc21. The van der Waals surface area contributed by atoms with Crippen LogP contribution in [-0.4, -0.2) is 19.8 Å². The highest BCUT2D eigenvalue weighted by molar-refractivity contribution is 7.96. The number of carbonyl (C=O) groups is 1. The lowest BCUT2D eigenvalue weighted by Gasteiger charge is -1.94. The summed E-state index contributed by atoms with van der Waals surface area (Å²) in [6, 6.07) is 1.77. The van der Waals surface area contributed by atoms with Crippen molar-refractivity contribution in [2.75, 3.05) is 0 Å². The number of hydrogen-bond acceptors (Lipinski definition) is 3. The van der Waals surface area contributed by atoms with Crippen LogP contribution in [0.3, 0.4) is 0 Å². The van der Waals surface area contributed by atoms with E-state index < -0.39 is 0 Å². The Morgan fingerprint density at radius 1 is 1.58 bits per heavy atom. The molecule has 0 fully saturated rings. The van der Waals surface area contributed by atoms with Crippen molar-refractivity contribution in [2.45, 2.75) is 0 Å². The summed E-state index contributed by atoms with van der Waals surface area (Å²) < 4.78 is 1.36. The average molecular weight is 179 g/mol. The molecule has 2 aromatic rings. The largest absolute Gasteiger partial charge is 0.288 e. The first-order valence-corrected chi connectivity index (χ1v) is 3.74. The van der Waals surface area contributed by atoms with E-state index in [1.54, 1.807) is 18.5 Å². The van der Waals surface area contributed by atoms with E-state index in [9.17, 15) is 4.79 Å². The first-order valence-electron chi connectivity index (χ1n) is 3.29. The number of carbonyl (C=O) groups excluding carboxylic acids is 1. The van der Waals surface area contributed by atoms with E-state index in [0.717, 1.165) is 5.39 Å². The fourth-order valence-corrected chi connectivity index (χ4v) is 1.19. The van der Waals surface area contributed by atoms with E-state index in [4.69, 9.17) is 0 Å². The molecule has 0 unspecified atom stereocenters. The second kappa shape index (κ2) is 2.60. The van der Waals surface area contributed by atoms with Crippen LogP contribution >= 0.6 is 12.6 Å². The Morgan fingerprint density at radius 3 is 3.17 bits per heavy atom. The lowest BCUT2D eigenvalue weighted by atomic mass is 10.4. The monoisotopic (exact) mass is 179 g/mol. The van der Waals surface area contributed by atoms with Crippen LogP contribution in [0.5, 0.6) is 0 Å². The summed E-state index contributed by atoms with van der Waals surface area (Å²) in [6.45, 7) is 0. The van der Waals surface area contributed by atoms with Gasteiger partial charge in [0.25, 0.3) is 5.24 Å². The zero-order valence-corrected chi connectivity index (χ0v) is 6.90. The summed E-state index contributed by atoms with van der Waals surface area (Å²) >= 11 is 3.69. The Morgan fingerprint density at radius 2 is 2.42 bits per heavy atom. The van der Waals surface area contributed by atoms with E-state index in [0.29, 0.717) is 5.65 Å².